The molecular weight excluding hydrogens is 233 g/mol. The summed E-state index contributed by atoms with van der Waals surface area (Å²) in [6.45, 7) is 3.84. The van der Waals surface area contributed by atoms with Crippen LogP contribution >= 0.6 is 0 Å². The van der Waals surface area contributed by atoms with Gasteiger partial charge < -0.3 is 9.80 Å². The molecule has 0 radical (unpaired) electrons. The lowest BCUT2D eigenvalue weighted by molar-refractivity contribution is 0.0782. The highest BCUT2D eigenvalue weighted by Gasteiger charge is 2.15. The van der Waals surface area contributed by atoms with E-state index in [4.69, 9.17) is 0 Å². The lowest BCUT2D eigenvalue weighted by atomic mass is 10.2. The van der Waals surface area contributed by atoms with Crippen molar-refractivity contribution in [3.63, 3.8) is 0 Å². The third kappa shape index (κ3) is 3.26. The third-order valence-electron chi connectivity index (χ3n) is 3.27. The van der Waals surface area contributed by atoms with Crippen LogP contribution in [0.1, 0.15) is 23.2 Å². The molecule has 1 aromatic heterocycles. The number of hydrogen-bond acceptors (Lipinski definition) is 3. The van der Waals surface area contributed by atoms with Gasteiger partial charge in [-0.25, -0.2) is 4.98 Å². The average molecular weight is 251 g/mol. The average Bonchev–Trinajstić information content (AvgIpc) is 2.89. The molecule has 2 rings (SSSR count). The summed E-state index contributed by atoms with van der Waals surface area (Å²) in [5.74, 6) is -0.673. The molecule has 1 fully saturated rings. The molecule has 98 valence electrons. The molecule has 1 aliphatic heterocycles. The Kier molecular flexibility index (Phi) is 4.25. The van der Waals surface area contributed by atoms with Crippen LogP contribution in [-0.2, 0) is 0 Å². The predicted octanol–water partition coefficient (Wildman–Crippen LogP) is 1.39. The zero-order valence-electron chi connectivity index (χ0n) is 10.6. The topological polar surface area (TPSA) is 36.4 Å². The molecule has 0 bridgehead atoms. The zero-order valence-corrected chi connectivity index (χ0v) is 10.6. The summed E-state index contributed by atoms with van der Waals surface area (Å²) in [6, 6.07) is 2.68. The minimum absolute atomic E-state index is 0.110. The molecule has 0 aliphatic carbocycles. The van der Waals surface area contributed by atoms with Crippen molar-refractivity contribution < 1.29 is 9.18 Å². The second-order valence-electron chi connectivity index (χ2n) is 4.65. The van der Waals surface area contributed by atoms with Crippen LogP contribution in [0.3, 0.4) is 0 Å². The fraction of sp³-hybridized carbons (Fsp3) is 0.538. The largest absolute Gasteiger partial charge is 0.340 e. The van der Waals surface area contributed by atoms with Crippen LogP contribution in [0.15, 0.2) is 18.3 Å². The molecule has 0 saturated carbocycles. The summed E-state index contributed by atoms with van der Waals surface area (Å²) in [5, 5.41) is 0. The molecule has 1 amide bonds. The van der Waals surface area contributed by atoms with Crippen molar-refractivity contribution in [1.29, 1.82) is 0 Å². The van der Waals surface area contributed by atoms with Gasteiger partial charge in [0.2, 0.25) is 5.95 Å². The smallest absolute Gasteiger partial charge is 0.255 e. The van der Waals surface area contributed by atoms with Crippen LogP contribution in [0, 0.1) is 5.95 Å². The van der Waals surface area contributed by atoms with E-state index < -0.39 is 5.95 Å². The van der Waals surface area contributed by atoms with Gasteiger partial charge in [-0.05, 0) is 38.1 Å². The second-order valence-corrected chi connectivity index (χ2v) is 4.65. The molecule has 2 heterocycles. The molecule has 4 nitrogen and oxygen atoms in total. The lowest BCUT2D eigenvalue weighted by Gasteiger charge is -2.21. The Labute approximate surface area is 106 Å². The van der Waals surface area contributed by atoms with Gasteiger partial charge in [-0.2, -0.15) is 4.39 Å². The molecule has 1 saturated heterocycles. The van der Waals surface area contributed by atoms with E-state index in [9.17, 15) is 9.18 Å². The van der Waals surface area contributed by atoms with Crippen LogP contribution < -0.4 is 0 Å². The highest BCUT2D eigenvalue weighted by atomic mass is 19.1. The van der Waals surface area contributed by atoms with Crippen molar-refractivity contribution in [3.05, 3.63) is 29.8 Å². The maximum absolute atomic E-state index is 12.7. The van der Waals surface area contributed by atoms with E-state index in [-0.39, 0.29) is 5.91 Å². The van der Waals surface area contributed by atoms with Gasteiger partial charge in [0, 0.05) is 26.3 Å². The minimum Gasteiger partial charge on any atom is -0.340 e. The number of pyridine rings is 1. The molecule has 0 N–H and O–H groups in total. The third-order valence-corrected chi connectivity index (χ3v) is 3.27. The first-order chi connectivity index (χ1) is 8.66. The summed E-state index contributed by atoms with van der Waals surface area (Å²) in [5.41, 5.74) is 0.431. The first-order valence-corrected chi connectivity index (χ1v) is 6.26. The number of carbonyl (C=O) groups excluding carboxylic acids is 1. The minimum atomic E-state index is -0.564. The van der Waals surface area contributed by atoms with Crippen molar-refractivity contribution in [2.75, 3.05) is 33.2 Å². The SMILES string of the molecule is CN(CCN1CCCC1)C(=O)c1ccc(F)nc1. The molecule has 18 heavy (non-hydrogen) atoms. The first kappa shape index (κ1) is 13.0. The molecule has 0 unspecified atom stereocenters. The van der Waals surface area contributed by atoms with Gasteiger partial charge >= 0.3 is 0 Å². The number of carbonyl (C=O) groups is 1. The van der Waals surface area contributed by atoms with Crippen LogP contribution in [0.25, 0.3) is 0 Å². The van der Waals surface area contributed by atoms with E-state index >= 15 is 0 Å². The quantitative estimate of drug-likeness (QED) is 0.759. The summed E-state index contributed by atoms with van der Waals surface area (Å²) >= 11 is 0. The summed E-state index contributed by atoms with van der Waals surface area (Å²) in [6.07, 6.45) is 3.78. The van der Waals surface area contributed by atoms with Crippen molar-refractivity contribution >= 4 is 5.91 Å². The standard InChI is InChI=1S/C13H18FN3O/c1-16(8-9-17-6-2-3-7-17)13(18)11-4-5-12(14)15-10-11/h4-5,10H,2-3,6-9H2,1H3. The predicted molar refractivity (Wildman–Crippen MR) is 66.8 cm³/mol. The van der Waals surface area contributed by atoms with Crippen molar-refractivity contribution in [2.45, 2.75) is 12.8 Å². The van der Waals surface area contributed by atoms with Gasteiger partial charge in [0.05, 0.1) is 5.56 Å². The van der Waals surface area contributed by atoms with Gasteiger partial charge in [-0.3, -0.25) is 4.79 Å². The number of likely N-dealkylation sites (tertiary alicyclic amines) is 1. The summed E-state index contributed by atoms with van der Waals surface area (Å²) in [7, 11) is 1.77. The number of aromatic nitrogens is 1. The van der Waals surface area contributed by atoms with Gasteiger partial charge in [-0.1, -0.05) is 0 Å². The molecular formula is C13H18FN3O. The van der Waals surface area contributed by atoms with E-state index in [1.54, 1.807) is 11.9 Å². The maximum atomic E-state index is 12.7. The van der Waals surface area contributed by atoms with Crippen LogP contribution in [0.5, 0.6) is 0 Å². The molecule has 0 aromatic carbocycles. The molecule has 5 heteroatoms. The van der Waals surface area contributed by atoms with Gasteiger partial charge in [0.15, 0.2) is 0 Å². The van der Waals surface area contributed by atoms with Crippen LogP contribution in [0.4, 0.5) is 4.39 Å². The van der Waals surface area contributed by atoms with E-state index in [1.807, 2.05) is 0 Å². The highest BCUT2D eigenvalue weighted by molar-refractivity contribution is 5.93. The second kappa shape index (κ2) is 5.91. The lowest BCUT2D eigenvalue weighted by Crippen LogP contribution is -2.35. The normalized spacial score (nSPS) is 15.9. The number of hydrogen-bond donors (Lipinski definition) is 0. The van der Waals surface area contributed by atoms with Crippen molar-refractivity contribution in [2.24, 2.45) is 0 Å². The Hall–Kier alpha value is -1.49. The number of amides is 1. The van der Waals surface area contributed by atoms with E-state index in [2.05, 4.69) is 9.88 Å². The number of nitrogens with zero attached hydrogens (tertiary/aromatic N) is 3. The molecule has 1 aliphatic rings. The Morgan fingerprint density at radius 2 is 2.17 bits per heavy atom. The highest BCUT2D eigenvalue weighted by Crippen LogP contribution is 2.08. The van der Waals surface area contributed by atoms with Crippen molar-refractivity contribution in [1.82, 2.24) is 14.8 Å². The Morgan fingerprint density at radius 1 is 1.44 bits per heavy atom. The van der Waals surface area contributed by atoms with E-state index in [0.717, 1.165) is 19.6 Å². The first-order valence-electron chi connectivity index (χ1n) is 6.26. The van der Waals surface area contributed by atoms with Gasteiger partial charge in [-0.15, -0.1) is 0 Å². The summed E-state index contributed by atoms with van der Waals surface area (Å²) < 4.78 is 12.7. The Balaban J connectivity index is 1.85. The van der Waals surface area contributed by atoms with Gasteiger partial charge in [0.25, 0.3) is 5.91 Å². The van der Waals surface area contributed by atoms with E-state index in [0.29, 0.717) is 12.1 Å². The molecule has 0 spiro atoms. The molecule has 0 atom stereocenters. The van der Waals surface area contributed by atoms with Gasteiger partial charge in [0.1, 0.15) is 0 Å². The fourth-order valence-corrected chi connectivity index (χ4v) is 2.12. The van der Waals surface area contributed by atoms with Crippen LogP contribution in [0.2, 0.25) is 0 Å². The molecule has 1 aromatic rings. The zero-order chi connectivity index (χ0) is 13.0. The maximum Gasteiger partial charge on any atom is 0.255 e. The monoisotopic (exact) mass is 251 g/mol. The van der Waals surface area contributed by atoms with Crippen LogP contribution in [-0.4, -0.2) is 53.9 Å². The Morgan fingerprint density at radius 3 is 2.78 bits per heavy atom. The number of likely N-dealkylation sites (N-methyl/N-ethyl adjacent to an activating group) is 1. The number of rotatable bonds is 4. The number of halogens is 1. The Bertz CT molecular complexity index is 401. The fourth-order valence-electron chi connectivity index (χ4n) is 2.12. The summed E-state index contributed by atoms with van der Waals surface area (Å²) in [4.78, 5) is 19.5. The van der Waals surface area contributed by atoms with Crippen molar-refractivity contribution in [3.8, 4) is 0 Å². The van der Waals surface area contributed by atoms with E-state index in [1.165, 1.54) is 31.2 Å².